The van der Waals surface area contributed by atoms with Gasteiger partial charge < -0.3 is 24.7 Å². The van der Waals surface area contributed by atoms with E-state index >= 15 is 0 Å². The van der Waals surface area contributed by atoms with Gasteiger partial charge in [0.1, 0.15) is 0 Å². The Morgan fingerprint density at radius 2 is 1.90 bits per heavy atom. The molecule has 2 aromatic carbocycles. The lowest BCUT2D eigenvalue weighted by Crippen LogP contribution is -2.30. The smallest absolute Gasteiger partial charge is 0.195 e. The molecule has 0 atom stereocenters. The van der Waals surface area contributed by atoms with E-state index in [0.717, 1.165) is 22.2 Å². The molecule has 1 heterocycles. The number of ketones is 1. The number of ether oxygens (including phenoxy) is 2. The minimum atomic E-state index is -1.19. The molecule has 0 fully saturated rings. The Balaban J connectivity index is 1.66. The molecule has 3 N–H and O–H groups in total. The fraction of sp³-hybridized carbons (Fsp3) is 0.375. The van der Waals surface area contributed by atoms with Crippen LogP contribution in [0.15, 0.2) is 30.3 Å². The zero-order valence-electron chi connectivity index (χ0n) is 18.0. The Kier molecular flexibility index (Phi) is 5.28. The van der Waals surface area contributed by atoms with Gasteiger partial charge in [0.25, 0.3) is 0 Å². The van der Waals surface area contributed by atoms with Gasteiger partial charge in [0.15, 0.2) is 23.1 Å². The second kappa shape index (κ2) is 7.55. The minimum Gasteiger partial charge on any atom is -0.504 e. The first-order valence-electron chi connectivity index (χ1n) is 10.2. The molecule has 0 radical (unpaired) electrons. The lowest BCUT2D eigenvalue weighted by Gasteiger charge is -2.32. The summed E-state index contributed by atoms with van der Waals surface area (Å²) in [5.74, 6) is -1.11. The van der Waals surface area contributed by atoms with Gasteiger partial charge in [-0.1, -0.05) is 31.5 Å². The van der Waals surface area contributed by atoms with Gasteiger partial charge in [0.2, 0.25) is 0 Å². The van der Waals surface area contributed by atoms with E-state index in [-0.39, 0.29) is 11.5 Å². The molecule has 0 spiro atoms. The van der Waals surface area contributed by atoms with Crippen molar-refractivity contribution >= 4 is 28.3 Å². The molecule has 164 valence electrons. The summed E-state index contributed by atoms with van der Waals surface area (Å²) in [6, 6.07) is 8.65. The Morgan fingerprint density at radius 3 is 2.61 bits per heavy atom. The Bertz CT molecular complexity index is 1170. The number of aromatic amines is 1. The number of aromatic nitrogens is 1. The van der Waals surface area contributed by atoms with Crippen LogP contribution in [-0.4, -0.2) is 40.0 Å². The molecule has 6 nitrogen and oxygen atoms in total. The monoisotopic (exact) mass is 443 g/mol. The van der Waals surface area contributed by atoms with Crippen LogP contribution in [0.1, 0.15) is 61.3 Å². The minimum absolute atomic E-state index is 0.0855. The van der Waals surface area contributed by atoms with Crippen LogP contribution in [0.5, 0.6) is 11.5 Å². The number of carbonyl (C=O) groups excluding carboxylic acids is 1. The molecule has 1 aliphatic rings. The van der Waals surface area contributed by atoms with Gasteiger partial charge in [0, 0.05) is 39.0 Å². The Labute approximate surface area is 185 Å². The van der Waals surface area contributed by atoms with Gasteiger partial charge in [-0.25, -0.2) is 0 Å². The zero-order valence-corrected chi connectivity index (χ0v) is 18.8. The fourth-order valence-electron chi connectivity index (χ4n) is 4.10. The first-order chi connectivity index (χ1) is 14.5. The van der Waals surface area contributed by atoms with Crippen LogP contribution in [0.3, 0.4) is 0 Å². The topological polar surface area (TPSA) is 91.8 Å². The number of hydrogen-bond donors (Lipinski definition) is 3. The number of rotatable bonds is 6. The number of halogens is 1. The van der Waals surface area contributed by atoms with E-state index in [9.17, 15) is 15.0 Å². The van der Waals surface area contributed by atoms with Crippen molar-refractivity contribution in [2.45, 2.75) is 45.3 Å². The largest absolute Gasteiger partial charge is 0.504 e. The third kappa shape index (κ3) is 3.91. The third-order valence-electron chi connectivity index (χ3n) is 5.63. The van der Waals surface area contributed by atoms with E-state index in [2.05, 4.69) is 4.98 Å². The van der Waals surface area contributed by atoms with Crippen LogP contribution in [0.4, 0.5) is 0 Å². The molecule has 1 aromatic heterocycles. The molecule has 31 heavy (non-hydrogen) atoms. The van der Waals surface area contributed by atoms with Gasteiger partial charge in [-0.15, -0.1) is 0 Å². The first kappa shape index (κ1) is 21.7. The van der Waals surface area contributed by atoms with Gasteiger partial charge in [0.05, 0.1) is 18.8 Å². The van der Waals surface area contributed by atoms with Crippen molar-refractivity contribution in [3.05, 3.63) is 57.7 Å². The normalized spacial score (nSPS) is 15.1. The Hall–Kier alpha value is -2.54. The van der Waals surface area contributed by atoms with Crippen LogP contribution in [-0.2, 0) is 10.2 Å². The predicted molar refractivity (Wildman–Crippen MR) is 119 cm³/mol. The molecule has 0 saturated carbocycles. The number of H-pyrrole nitrogens is 1. The number of nitrogens with one attached hydrogen (secondary N) is 1. The second-order valence-electron chi connectivity index (χ2n) is 8.88. The summed E-state index contributed by atoms with van der Waals surface area (Å²) in [4.78, 5) is 16.7. The van der Waals surface area contributed by atoms with Crippen molar-refractivity contribution in [1.82, 2.24) is 4.98 Å². The van der Waals surface area contributed by atoms with E-state index in [0.29, 0.717) is 41.5 Å². The van der Waals surface area contributed by atoms with Gasteiger partial charge >= 0.3 is 0 Å². The standard InChI is InChI=1S/C24H26ClNO5/c1-23(2)16-12-19(30-8-5-9-31-24(3,4)29)18(27)11-15(16)21(28)20-14-7-6-13(25)10-17(14)26-22(20)23/h6-7,10-12,26-27,29H,5,8-9H2,1-4H3. The maximum absolute atomic E-state index is 13.4. The molecule has 0 aliphatic heterocycles. The van der Waals surface area contributed by atoms with E-state index in [1.54, 1.807) is 26.0 Å². The maximum atomic E-state index is 13.4. The molecule has 7 heteroatoms. The average Bonchev–Trinajstić information content (AvgIpc) is 3.05. The number of hydrogen-bond acceptors (Lipinski definition) is 5. The van der Waals surface area contributed by atoms with E-state index < -0.39 is 11.2 Å². The summed E-state index contributed by atoms with van der Waals surface area (Å²) >= 11 is 6.14. The highest BCUT2D eigenvalue weighted by Crippen LogP contribution is 2.46. The fourth-order valence-corrected chi connectivity index (χ4v) is 4.27. The van der Waals surface area contributed by atoms with E-state index in [1.807, 2.05) is 26.0 Å². The molecular weight excluding hydrogens is 418 g/mol. The van der Waals surface area contributed by atoms with Gasteiger partial charge in [-0.3, -0.25) is 4.79 Å². The summed E-state index contributed by atoms with van der Waals surface area (Å²) in [5, 5.41) is 21.5. The van der Waals surface area contributed by atoms with E-state index in [1.165, 1.54) is 6.07 Å². The van der Waals surface area contributed by atoms with Crippen molar-refractivity contribution in [3.63, 3.8) is 0 Å². The lowest BCUT2D eigenvalue weighted by molar-refractivity contribution is -0.176. The predicted octanol–water partition coefficient (Wildman–Crippen LogP) is 4.91. The first-order valence-corrected chi connectivity index (χ1v) is 10.6. The maximum Gasteiger partial charge on any atom is 0.195 e. The van der Waals surface area contributed by atoms with Crippen LogP contribution < -0.4 is 4.74 Å². The number of aromatic hydroxyl groups is 1. The van der Waals surface area contributed by atoms with Crippen molar-refractivity contribution in [1.29, 1.82) is 0 Å². The van der Waals surface area contributed by atoms with Gasteiger partial charge in [-0.05, 0) is 43.7 Å². The molecule has 4 rings (SSSR count). The summed E-state index contributed by atoms with van der Waals surface area (Å²) in [6.45, 7) is 7.81. The number of carbonyl (C=O) groups is 1. The number of phenolic OH excluding ortho intramolecular Hbond substituents is 1. The number of fused-ring (bicyclic) bond motifs is 4. The van der Waals surface area contributed by atoms with Crippen LogP contribution >= 0.6 is 11.6 Å². The average molecular weight is 444 g/mol. The molecule has 0 amide bonds. The third-order valence-corrected chi connectivity index (χ3v) is 5.87. The highest BCUT2D eigenvalue weighted by molar-refractivity contribution is 6.31. The van der Waals surface area contributed by atoms with Crippen molar-refractivity contribution < 1.29 is 24.5 Å². The van der Waals surface area contributed by atoms with Crippen LogP contribution in [0.2, 0.25) is 5.02 Å². The quantitative estimate of drug-likeness (QED) is 0.372. The number of phenols is 1. The molecule has 0 bridgehead atoms. The number of aliphatic hydroxyl groups is 1. The van der Waals surface area contributed by atoms with E-state index in [4.69, 9.17) is 21.1 Å². The lowest BCUT2D eigenvalue weighted by atomic mass is 9.71. The SMILES string of the molecule is CC(C)(O)OCCCOc1cc2c(cc1O)C(=O)c1c([nH]c3cc(Cl)ccc13)C2(C)C. The van der Waals surface area contributed by atoms with Crippen molar-refractivity contribution in [2.75, 3.05) is 13.2 Å². The molecular formula is C24H26ClNO5. The van der Waals surface area contributed by atoms with Crippen LogP contribution in [0, 0.1) is 0 Å². The molecule has 0 saturated heterocycles. The van der Waals surface area contributed by atoms with Crippen molar-refractivity contribution in [2.24, 2.45) is 0 Å². The summed E-state index contributed by atoms with van der Waals surface area (Å²) in [6.07, 6.45) is 0.537. The number of benzene rings is 2. The summed E-state index contributed by atoms with van der Waals surface area (Å²) in [7, 11) is 0. The summed E-state index contributed by atoms with van der Waals surface area (Å²) in [5.41, 5.74) is 2.96. The molecule has 1 aliphatic carbocycles. The van der Waals surface area contributed by atoms with Crippen LogP contribution in [0.25, 0.3) is 10.9 Å². The van der Waals surface area contributed by atoms with Crippen molar-refractivity contribution in [3.8, 4) is 11.5 Å². The molecule has 3 aromatic rings. The Morgan fingerprint density at radius 1 is 1.16 bits per heavy atom. The zero-order chi connectivity index (χ0) is 22.6. The summed E-state index contributed by atoms with van der Waals surface area (Å²) < 4.78 is 11.0. The molecule has 0 unspecified atom stereocenters. The highest BCUT2D eigenvalue weighted by atomic mass is 35.5. The highest BCUT2D eigenvalue weighted by Gasteiger charge is 2.40. The van der Waals surface area contributed by atoms with Gasteiger partial charge in [-0.2, -0.15) is 0 Å². The second-order valence-corrected chi connectivity index (χ2v) is 9.32.